The number of hydrogen-bond acceptors (Lipinski definition) is 4. The Labute approximate surface area is 129 Å². The molecule has 0 aliphatic carbocycles. The van der Waals surface area contributed by atoms with Crippen LogP contribution in [0.5, 0.6) is 11.5 Å². The lowest BCUT2D eigenvalue weighted by Gasteiger charge is -2.10. The van der Waals surface area contributed by atoms with Crippen molar-refractivity contribution in [2.24, 2.45) is 0 Å². The third kappa shape index (κ3) is 2.28. The molecule has 2 heterocycles. The molecule has 0 radical (unpaired) electrons. The molecule has 104 valence electrons. The number of methoxy groups -OCH3 is 1. The van der Waals surface area contributed by atoms with Gasteiger partial charge in [0.2, 0.25) is 0 Å². The molecule has 0 fully saturated rings. The van der Waals surface area contributed by atoms with E-state index in [1.165, 1.54) is 0 Å². The van der Waals surface area contributed by atoms with Crippen molar-refractivity contribution in [2.75, 3.05) is 7.11 Å². The average Bonchev–Trinajstić information content (AvgIpc) is 2.79. The summed E-state index contributed by atoms with van der Waals surface area (Å²) < 4.78 is 11.7. The van der Waals surface area contributed by atoms with Crippen molar-refractivity contribution in [1.82, 2.24) is 9.97 Å². The summed E-state index contributed by atoms with van der Waals surface area (Å²) in [6.07, 6.45) is 2.57. The maximum absolute atomic E-state index is 11.7. The zero-order chi connectivity index (χ0) is 14.3. The van der Waals surface area contributed by atoms with Gasteiger partial charge in [0.25, 0.3) is 5.56 Å². The molecule has 6 heteroatoms. The van der Waals surface area contributed by atoms with Gasteiger partial charge in [0, 0.05) is 18.2 Å². The molecule has 1 aromatic carbocycles. The predicted octanol–water partition coefficient (Wildman–Crippen LogP) is 2.37. The summed E-state index contributed by atoms with van der Waals surface area (Å²) in [5.74, 6) is 2.00. The molecule has 0 spiro atoms. The molecule has 5 nitrogen and oxygen atoms in total. The largest absolute Gasteiger partial charge is 0.496 e. The highest BCUT2D eigenvalue weighted by atomic mass is 127. The zero-order valence-electron chi connectivity index (χ0n) is 11.1. The van der Waals surface area contributed by atoms with E-state index in [0.717, 1.165) is 23.3 Å². The van der Waals surface area contributed by atoms with Crippen molar-refractivity contribution >= 4 is 22.6 Å². The second kappa shape index (κ2) is 5.08. The summed E-state index contributed by atoms with van der Waals surface area (Å²) in [6.45, 7) is 2.02. The van der Waals surface area contributed by atoms with Gasteiger partial charge in [-0.2, -0.15) is 0 Å². The van der Waals surface area contributed by atoms with Gasteiger partial charge in [-0.05, 0) is 41.6 Å². The van der Waals surface area contributed by atoms with Gasteiger partial charge >= 0.3 is 0 Å². The topological polar surface area (TPSA) is 64.2 Å². The molecule has 3 rings (SSSR count). The van der Waals surface area contributed by atoms with Gasteiger partial charge in [0.15, 0.2) is 0 Å². The molecule has 1 aromatic heterocycles. The first-order valence-corrected chi connectivity index (χ1v) is 7.29. The number of rotatable bonds is 2. The Morgan fingerprint density at radius 1 is 1.50 bits per heavy atom. The lowest BCUT2D eigenvalue weighted by atomic mass is 10.1. The van der Waals surface area contributed by atoms with Crippen LogP contribution in [-0.4, -0.2) is 23.2 Å². The van der Waals surface area contributed by atoms with Crippen LogP contribution in [0.1, 0.15) is 12.5 Å². The number of aromatic nitrogens is 2. The van der Waals surface area contributed by atoms with Gasteiger partial charge in [-0.1, -0.05) is 0 Å². The molecule has 1 N–H and O–H groups in total. The smallest absolute Gasteiger partial charge is 0.264 e. The number of nitrogens with one attached hydrogen (secondary N) is 1. The van der Waals surface area contributed by atoms with Crippen molar-refractivity contribution in [3.8, 4) is 22.9 Å². The first kappa shape index (κ1) is 13.4. The maximum atomic E-state index is 11.7. The Morgan fingerprint density at radius 2 is 2.30 bits per heavy atom. The number of hydrogen-bond donors (Lipinski definition) is 1. The Hall–Kier alpha value is -1.57. The molecular formula is C14H13IN2O3. The minimum Gasteiger partial charge on any atom is -0.496 e. The van der Waals surface area contributed by atoms with E-state index >= 15 is 0 Å². The van der Waals surface area contributed by atoms with Gasteiger partial charge in [0.1, 0.15) is 23.4 Å². The standard InChI is InChI=1S/C14H13IN2O3/c1-7-3-8-4-12(19-2)9(5-11(8)20-7)13-16-6-10(15)14(18)17-13/h4-7H,3H2,1-2H3,(H,16,17,18). The Kier molecular flexibility index (Phi) is 3.41. The van der Waals surface area contributed by atoms with Gasteiger partial charge in [0.05, 0.1) is 16.2 Å². The van der Waals surface area contributed by atoms with E-state index < -0.39 is 0 Å². The second-order valence-corrected chi connectivity index (χ2v) is 5.86. The van der Waals surface area contributed by atoms with Crippen LogP contribution in [0.2, 0.25) is 0 Å². The minimum absolute atomic E-state index is 0.160. The molecule has 0 saturated carbocycles. The first-order chi connectivity index (χ1) is 9.58. The SMILES string of the molecule is COc1cc2c(cc1-c1ncc(I)c(=O)[nH]1)OC(C)C2. The highest BCUT2D eigenvalue weighted by Gasteiger charge is 2.23. The van der Waals surface area contributed by atoms with E-state index in [9.17, 15) is 4.79 Å². The number of nitrogens with zero attached hydrogens (tertiary/aromatic N) is 1. The zero-order valence-corrected chi connectivity index (χ0v) is 13.2. The fourth-order valence-electron chi connectivity index (χ4n) is 2.31. The van der Waals surface area contributed by atoms with Crippen LogP contribution in [0.4, 0.5) is 0 Å². The van der Waals surface area contributed by atoms with Crippen LogP contribution in [0.25, 0.3) is 11.4 Å². The number of aromatic amines is 1. The number of ether oxygens (including phenoxy) is 2. The third-order valence-corrected chi connectivity index (χ3v) is 4.00. The van der Waals surface area contributed by atoms with Crippen LogP contribution in [0.3, 0.4) is 0 Å². The van der Waals surface area contributed by atoms with Crippen LogP contribution < -0.4 is 15.0 Å². The van der Waals surface area contributed by atoms with Gasteiger partial charge in [-0.15, -0.1) is 0 Å². The lowest BCUT2D eigenvalue weighted by molar-refractivity contribution is 0.254. The quantitative estimate of drug-likeness (QED) is 0.808. The molecule has 0 saturated heterocycles. The second-order valence-electron chi connectivity index (χ2n) is 4.70. The fraction of sp³-hybridized carbons (Fsp3) is 0.286. The molecule has 2 aromatic rings. The van der Waals surface area contributed by atoms with Crippen molar-refractivity contribution in [3.63, 3.8) is 0 Å². The van der Waals surface area contributed by atoms with E-state index in [2.05, 4.69) is 9.97 Å². The average molecular weight is 384 g/mol. The van der Waals surface area contributed by atoms with E-state index in [1.807, 2.05) is 41.6 Å². The monoisotopic (exact) mass is 384 g/mol. The number of fused-ring (bicyclic) bond motifs is 1. The Bertz CT molecular complexity index is 727. The molecule has 20 heavy (non-hydrogen) atoms. The molecule has 0 amide bonds. The number of H-pyrrole nitrogens is 1. The summed E-state index contributed by atoms with van der Waals surface area (Å²) >= 11 is 1.95. The molecule has 1 aliphatic rings. The molecule has 1 atom stereocenters. The van der Waals surface area contributed by atoms with Crippen molar-refractivity contribution < 1.29 is 9.47 Å². The fourth-order valence-corrected chi connectivity index (χ4v) is 2.58. The molecule has 1 unspecified atom stereocenters. The van der Waals surface area contributed by atoms with Crippen LogP contribution in [0.15, 0.2) is 23.1 Å². The Morgan fingerprint density at radius 3 is 3.00 bits per heavy atom. The number of halogens is 1. The highest BCUT2D eigenvalue weighted by Crippen LogP contribution is 2.38. The van der Waals surface area contributed by atoms with Gasteiger partial charge in [-0.3, -0.25) is 4.79 Å². The lowest BCUT2D eigenvalue weighted by Crippen LogP contribution is -2.11. The third-order valence-electron chi connectivity index (χ3n) is 3.23. The van der Waals surface area contributed by atoms with E-state index in [0.29, 0.717) is 15.1 Å². The van der Waals surface area contributed by atoms with E-state index in [4.69, 9.17) is 9.47 Å². The summed E-state index contributed by atoms with van der Waals surface area (Å²) in [4.78, 5) is 18.7. The summed E-state index contributed by atoms with van der Waals surface area (Å²) in [7, 11) is 1.61. The molecular weight excluding hydrogens is 371 g/mol. The molecule has 0 bridgehead atoms. The highest BCUT2D eigenvalue weighted by molar-refractivity contribution is 14.1. The summed E-state index contributed by atoms with van der Waals surface area (Å²) in [6, 6.07) is 3.83. The Balaban J connectivity index is 2.15. The van der Waals surface area contributed by atoms with Gasteiger partial charge in [-0.25, -0.2) is 4.98 Å². The first-order valence-electron chi connectivity index (χ1n) is 6.21. The number of benzene rings is 1. The van der Waals surface area contributed by atoms with Crippen LogP contribution in [-0.2, 0) is 6.42 Å². The normalized spacial score (nSPS) is 16.6. The molecule has 1 aliphatic heterocycles. The van der Waals surface area contributed by atoms with Crippen LogP contribution >= 0.6 is 22.6 Å². The minimum atomic E-state index is -0.160. The van der Waals surface area contributed by atoms with Crippen molar-refractivity contribution in [1.29, 1.82) is 0 Å². The van der Waals surface area contributed by atoms with E-state index in [1.54, 1.807) is 13.3 Å². The summed E-state index contributed by atoms with van der Waals surface area (Å²) in [5, 5.41) is 0. The van der Waals surface area contributed by atoms with E-state index in [-0.39, 0.29) is 11.7 Å². The predicted molar refractivity (Wildman–Crippen MR) is 83.4 cm³/mol. The van der Waals surface area contributed by atoms with Crippen LogP contribution in [0, 0.1) is 3.57 Å². The summed E-state index contributed by atoms with van der Waals surface area (Å²) in [5.41, 5.74) is 1.69. The maximum Gasteiger partial charge on any atom is 0.264 e. The van der Waals surface area contributed by atoms with Crippen molar-refractivity contribution in [3.05, 3.63) is 37.8 Å². The van der Waals surface area contributed by atoms with Crippen molar-refractivity contribution in [2.45, 2.75) is 19.4 Å². The van der Waals surface area contributed by atoms with Gasteiger partial charge < -0.3 is 14.5 Å².